The number of ether oxygens (including phenoxy) is 1. The van der Waals surface area contributed by atoms with Gasteiger partial charge in [0.1, 0.15) is 5.75 Å². The van der Waals surface area contributed by atoms with Crippen LogP contribution in [0, 0.1) is 0 Å². The molecule has 0 radical (unpaired) electrons. The van der Waals surface area contributed by atoms with Crippen LogP contribution in [0.15, 0.2) is 54.7 Å². The maximum Gasteiger partial charge on any atom is 0.417 e. The molecule has 0 saturated carbocycles. The molecule has 1 amide bonds. The van der Waals surface area contributed by atoms with Gasteiger partial charge < -0.3 is 9.64 Å². The van der Waals surface area contributed by atoms with Crippen LogP contribution in [0.5, 0.6) is 5.75 Å². The Morgan fingerprint density at radius 3 is 2.50 bits per heavy atom. The fourth-order valence-corrected chi connectivity index (χ4v) is 4.10. The van der Waals surface area contributed by atoms with Crippen LogP contribution >= 0.6 is 0 Å². The fourth-order valence-electron chi connectivity index (χ4n) is 4.10. The third-order valence-electron chi connectivity index (χ3n) is 5.73. The van der Waals surface area contributed by atoms with E-state index in [1.54, 1.807) is 13.2 Å². The van der Waals surface area contributed by atoms with E-state index in [2.05, 4.69) is 9.88 Å². The van der Waals surface area contributed by atoms with Gasteiger partial charge in [0, 0.05) is 44.3 Å². The molecule has 2 aromatic carbocycles. The van der Waals surface area contributed by atoms with Crippen LogP contribution in [0.3, 0.4) is 0 Å². The molecule has 5 nitrogen and oxygen atoms in total. The van der Waals surface area contributed by atoms with Crippen molar-refractivity contribution in [2.45, 2.75) is 19.1 Å². The lowest BCUT2D eigenvalue weighted by atomic mass is 10.0. The number of hydrogen-bond donors (Lipinski definition) is 0. The van der Waals surface area contributed by atoms with Gasteiger partial charge in [0.05, 0.1) is 23.8 Å². The number of pyridine rings is 1. The molecule has 0 N–H and O–H groups in total. The van der Waals surface area contributed by atoms with E-state index in [-0.39, 0.29) is 16.5 Å². The van der Waals surface area contributed by atoms with Crippen molar-refractivity contribution in [3.05, 3.63) is 71.4 Å². The van der Waals surface area contributed by atoms with Crippen molar-refractivity contribution in [1.29, 1.82) is 0 Å². The maximum atomic E-state index is 13.9. The van der Waals surface area contributed by atoms with Crippen molar-refractivity contribution < 1.29 is 22.7 Å². The normalized spacial score (nSPS) is 15.6. The number of halogens is 3. The predicted octanol–water partition coefficient (Wildman–Crippen LogP) is 4.61. The number of aromatic nitrogens is 1. The number of amides is 1. The van der Waals surface area contributed by atoms with Gasteiger partial charge in [-0.05, 0) is 30.2 Å². The van der Waals surface area contributed by atoms with E-state index < -0.39 is 17.6 Å². The topological polar surface area (TPSA) is 45.7 Å². The van der Waals surface area contributed by atoms with Gasteiger partial charge in [-0.2, -0.15) is 13.2 Å². The van der Waals surface area contributed by atoms with E-state index in [0.29, 0.717) is 32.6 Å². The van der Waals surface area contributed by atoms with Gasteiger partial charge in [0.25, 0.3) is 5.91 Å². The number of fused-ring (bicyclic) bond motifs is 1. The highest BCUT2D eigenvalue weighted by Crippen LogP contribution is 2.37. The molecule has 0 aliphatic carbocycles. The van der Waals surface area contributed by atoms with Crippen molar-refractivity contribution in [2.24, 2.45) is 0 Å². The van der Waals surface area contributed by atoms with Gasteiger partial charge in [-0.25, -0.2) is 0 Å². The summed E-state index contributed by atoms with van der Waals surface area (Å²) in [6, 6.07) is 13.8. The van der Waals surface area contributed by atoms with Crippen LogP contribution in [-0.2, 0) is 12.7 Å². The van der Waals surface area contributed by atoms with Crippen LogP contribution in [0.1, 0.15) is 27.9 Å². The molecule has 1 aromatic heterocycles. The first kappa shape index (κ1) is 22.1. The SMILES string of the molecule is COc1ccc(CN2CCCN(C(=O)c3cnc4ccccc4c3C(F)(F)F)CC2)cc1. The first-order valence-corrected chi connectivity index (χ1v) is 10.5. The monoisotopic (exact) mass is 443 g/mol. The average molecular weight is 443 g/mol. The highest BCUT2D eigenvalue weighted by atomic mass is 19.4. The van der Waals surface area contributed by atoms with Gasteiger partial charge in [0.2, 0.25) is 0 Å². The quantitative estimate of drug-likeness (QED) is 0.591. The Hall–Kier alpha value is -3.13. The molecule has 0 spiro atoms. The summed E-state index contributed by atoms with van der Waals surface area (Å²) < 4.78 is 47.0. The molecule has 168 valence electrons. The number of carbonyl (C=O) groups is 1. The van der Waals surface area contributed by atoms with E-state index in [1.165, 1.54) is 23.1 Å². The van der Waals surface area contributed by atoms with Crippen LogP contribution in [0.2, 0.25) is 0 Å². The van der Waals surface area contributed by atoms with Crippen molar-refractivity contribution in [1.82, 2.24) is 14.8 Å². The van der Waals surface area contributed by atoms with Crippen molar-refractivity contribution >= 4 is 16.8 Å². The molecule has 4 rings (SSSR count). The molecule has 0 unspecified atom stereocenters. The Balaban J connectivity index is 1.52. The number of nitrogens with zero attached hydrogens (tertiary/aromatic N) is 3. The number of rotatable bonds is 4. The third kappa shape index (κ3) is 4.70. The maximum absolute atomic E-state index is 13.9. The number of para-hydroxylation sites is 1. The van der Waals surface area contributed by atoms with Gasteiger partial charge in [-0.1, -0.05) is 30.3 Å². The Kier molecular flexibility index (Phi) is 6.32. The predicted molar refractivity (Wildman–Crippen MR) is 116 cm³/mol. The molecular weight excluding hydrogens is 419 g/mol. The molecule has 0 atom stereocenters. The zero-order chi connectivity index (χ0) is 22.7. The summed E-state index contributed by atoms with van der Waals surface area (Å²) in [5, 5.41) is -0.0539. The van der Waals surface area contributed by atoms with Crippen LogP contribution < -0.4 is 4.74 Å². The second-order valence-corrected chi connectivity index (χ2v) is 7.83. The smallest absolute Gasteiger partial charge is 0.417 e. The number of carbonyl (C=O) groups excluding carboxylic acids is 1. The second-order valence-electron chi connectivity index (χ2n) is 7.83. The Labute approximate surface area is 184 Å². The first-order valence-electron chi connectivity index (χ1n) is 10.5. The molecular formula is C24H24F3N3O2. The molecule has 1 saturated heterocycles. The molecule has 0 bridgehead atoms. The summed E-state index contributed by atoms with van der Waals surface area (Å²) >= 11 is 0. The third-order valence-corrected chi connectivity index (χ3v) is 5.73. The summed E-state index contributed by atoms with van der Waals surface area (Å²) in [4.78, 5) is 21.0. The minimum absolute atomic E-state index is 0.0539. The highest BCUT2D eigenvalue weighted by Gasteiger charge is 2.38. The van der Waals surface area contributed by atoms with E-state index in [1.807, 2.05) is 24.3 Å². The Morgan fingerprint density at radius 1 is 1.03 bits per heavy atom. The lowest BCUT2D eigenvalue weighted by Gasteiger charge is -2.24. The second kappa shape index (κ2) is 9.16. The molecule has 2 heterocycles. The number of alkyl halides is 3. The molecule has 32 heavy (non-hydrogen) atoms. The minimum Gasteiger partial charge on any atom is -0.497 e. The van der Waals surface area contributed by atoms with Crippen LogP contribution in [-0.4, -0.2) is 54.0 Å². The van der Waals surface area contributed by atoms with E-state index in [4.69, 9.17) is 4.74 Å². The number of methoxy groups -OCH3 is 1. The zero-order valence-electron chi connectivity index (χ0n) is 17.7. The van der Waals surface area contributed by atoms with Gasteiger partial charge in [-0.15, -0.1) is 0 Å². The minimum atomic E-state index is -4.65. The number of hydrogen-bond acceptors (Lipinski definition) is 4. The standard InChI is InChI=1S/C24H24F3N3O2/c1-32-18-9-7-17(8-10-18)16-29-11-4-12-30(14-13-29)23(31)20-15-28-21-6-3-2-5-19(21)22(20)24(25,26)27/h2-3,5-10,15H,4,11-14,16H2,1H3. The molecule has 1 aliphatic rings. The molecule has 8 heteroatoms. The van der Waals surface area contributed by atoms with Crippen LogP contribution in [0.4, 0.5) is 13.2 Å². The number of benzene rings is 2. The summed E-state index contributed by atoms with van der Waals surface area (Å²) in [5.41, 5.74) is 0.0359. The van der Waals surface area contributed by atoms with Crippen molar-refractivity contribution in [3.8, 4) is 5.75 Å². The molecule has 3 aromatic rings. The molecule has 1 fully saturated rings. The van der Waals surface area contributed by atoms with Gasteiger partial charge in [0.15, 0.2) is 0 Å². The molecule has 1 aliphatic heterocycles. The van der Waals surface area contributed by atoms with Crippen molar-refractivity contribution in [3.63, 3.8) is 0 Å². The highest BCUT2D eigenvalue weighted by molar-refractivity contribution is 6.00. The zero-order valence-corrected chi connectivity index (χ0v) is 17.7. The summed E-state index contributed by atoms with van der Waals surface area (Å²) in [5.74, 6) is 0.160. The van der Waals surface area contributed by atoms with Crippen molar-refractivity contribution in [2.75, 3.05) is 33.3 Å². The Bertz CT molecular complexity index is 1100. The van der Waals surface area contributed by atoms with Gasteiger partial charge >= 0.3 is 6.18 Å². The summed E-state index contributed by atoms with van der Waals surface area (Å²) in [6.07, 6.45) is -2.91. The summed E-state index contributed by atoms with van der Waals surface area (Å²) in [6.45, 7) is 2.82. The lowest BCUT2D eigenvalue weighted by molar-refractivity contribution is -0.136. The average Bonchev–Trinajstić information content (AvgIpc) is 3.03. The van der Waals surface area contributed by atoms with E-state index >= 15 is 0 Å². The lowest BCUT2D eigenvalue weighted by Crippen LogP contribution is -2.36. The largest absolute Gasteiger partial charge is 0.497 e. The Morgan fingerprint density at radius 2 is 1.78 bits per heavy atom. The first-order chi connectivity index (χ1) is 15.4. The summed E-state index contributed by atoms with van der Waals surface area (Å²) in [7, 11) is 1.62. The fraction of sp³-hybridized carbons (Fsp3) is 0.333. The van der Waals surface area contributed by atoms with E-state index in [9.17, 15) is 18.0 Å². The van der Waals surface area contributed by atoms with Crippen LogP contribution in [0.25, 0.3) is 10.9 Å². The van der Waals surface area contributed by atoms with E-state index in [0.717, 1.165) is 24.1 Å². The van der Waals surface area contributed by atoms with Gasteiger partial charge in [-0.3, -0.25) is 14.7 Å².